The summed E-state index contributed by atoms with van der Waals surface area (Å²) in [6.07, 6.45) is 2.93. The van der Waals surface area contributed by atoms with Gasteiger partial charge in [0.1, 0.15) is 0 Å². The molecule has 0 amide bonds. The summed E-state index contributed by atoms with van der Waals surface area (Å²) in [7, 11) is 0. The predicted octanol–water partition coefficient (Wildman–Crippen LogP) is 0.883. The Morgan fingerprint density at radius 1 is 1.75 bits per heavy atom. The summed E-state index contributed by atoms with van der Waals surface area (Å²) in [5.74, 6) is -0.0370. The summed E-state index contributed by atoms with van der Waals surface area (Å²) in [5, 5.41) is 20.6. The quantitative estimate of drug-likeness (QED) is 0.303. The number of hydrogen-bond acceptors (Lipinski definition) is 5. The average Bonchev–Trinajstić information content (AvgIpc) is 2.05. The van der Waals surface area contributed by atoms with Crippen molar-refractivity contribution in [3.63, 3.8) is 0 Å². The first kappa shape index (κ1) is 7.94. The highest BCUT2D eigenvalue weighted by Gasteiger charge is 2.12. The smallest absolute Gasteiger partial charge is 0.271 e. The number of anilines is 1. The highest BCUT2D eigenvalue weighted by atomic mass is 16.6. The van der Waals surface area contributed by atoms with Gasteiger partial charge >= 0.3 is 5.69 Å². The van der Waals surface area contributed by atoms with Crippen molar-refractivity contribution in [3.05, 3.63) is 28.4 Å². The first-order chi connectivity index (χ1) is 5.75. The number of pyridine rings is 1. The fourth-order valence-electron chi connectivity index (χ4n) is 0.693. The predicted molar refractivity (Wildman–Crippen MR) is 40.1 cm³/mol. The molecule has 0 aliphatic carbocycles. The van der Waals surface area contributed by atoms with E-state index >= 15 is 0 Å². The van der Waals surface area contributed by atoms with E-state index in [4.69, 9.17) is 5.26 Å². The lowest BCUT2D eigenvalue weighted by molar-refractivity contribution is -0.384. The molecular formula is C6H4N4O2. The molecule has 0 bridgehead atoms. The molecule has 0 atom stereocenters. The van der Waals surface area contributed by atoms with Crippen LogP contribution >= 0.6 is 0 Å². The molecule has 1 N–H and O–H groups in total. The van der Waals surface area contributed by atoms with E-state index in [9.17, 15) is 10.1 Å². The maximum atomic E-state index is 10.3. The highest BCUT2D eigenvalue weighted by molar-refractivity contribution is 5.56. The molecule has 0 saturated carbocycles. The van der Waals surface area contributed by atoms with Gasteiger partial charge in [-0.2, -0.15) is 5.26 Å². The fourth-order valence-corrected chi connectivity index (χ4v) is 0.693. The third kappa shape index (κ3) is 1.46. The summed E-state index contributed by atoms with van der Waals surface area (Å²) < 4.78 is 0. The van der Waals surface area contributed by atoms with Gasteiger partial charge in [-0.05, 0) is 6.07 Å². The lowest BCUT2D eigenvalue weighted by Crippen LogP contribution is -1.97. The number of aromatic nitrogens is 1. The van der Waals surface area contributed by atoms with Crippen LogP contribution in [0.25, 0.3) is 0 Å². The van der Waals surface area contributed by atoms with Crippen molar-refractivity contribution in [2.45, 2.75) is 0 Å². The van der Waals surface area contributed by atoms with Crippen LogP contribution in [0.15, 0.2) is 18.3 Å². The van der Waals surface area contributed by atoms with Crippen LogP contribution in [-0.4, -0.2) is 9.91 Å². The van der Waals surface area contributed by atoms with Crippen molar-refractivity contribution in [2.24, 2.45) is 0 Å². The molecule has 1 rings (SSSR count). The van der Waals surface area contributed by atoms with Crippen molar-refractivity contribution in [2.75, 3.05) is 5.32 Å². The Kier molecular flexibility index (Phi) is 2.18. The van der Waals surface area contributed by atoms with Crippen LogP contribution in [0, 0.1) is 21.6 Å². The number of nitriles is 1. The lowest BCUT2D eigenvalue weighted by Gasteiger charge is -1.95. The van der Waals surface area contributed by atoms with Crippen LogP contribution in [0.3, 0.4) is 0 Å². The zero-order valence-corrected chi connectivity index (χ0v) is 5.89. The number of nitro groups is 1. The first-order valence-electron chi connectivity index (χ1n) is 3.00. The molecule has 0 unspecified atom stereocenters. The van der Waals surface area contributed by atoms with E-state index < -0.39 is 4.92 Å². The van der Waals surface area contributed by atoms with Gasteiger partial charge in [0.15, 0.2) is 6.19 Å². The van der Waals surface area contributed by atoms with Gasteiger partial charge < -0.3 is 0 Å². The third-order valence-corrected chi connectivity index (χ3v) is 1.16. The van der Waals surface area contributed by atoms with Crippen LogP contribution in [-0.2, 0) is 0 Å². The molecule has 0 aliphatic heterocycles. The molecule has 1 aromatic heterocycles. The zero-order valence-electron chi connectivity index (χ0n) is 5.89. The molecule has 0 saturated heterocycles. The molecule has 6 heteroatoms. The lowest BCUT2D eigenvalue weighted by atomic mass is 10.4. The Balaban J connectivity index is 3.10. The van der Waals surface area contributed by atoms with Crippen LogP contribution in [0.1, 0.15) is 0 Å². The second kappa shape index (κ2) is 3.30. The molecule has 1 heterocycles. The molecule has 6 nitrogen and oxygen atoms in total. The first-order valence-corrected chi connectivity index (χ1v) is 3.00. The summed E-state index contributed by atoms with van der Waals surface area (Å²) in [6.45, 7) is 0. The normalized spacial score (nSPS) is 8.58. The van der Waals surface area contributed by atoms with Crippen molar-refractivity contribution in [1.29, 1.82) is 5.26 Å². The molecule has 12 heavy (non-hydrogen) atoms. The maximum absolute atomic E-state index is 10.3. The number of rotatable bonds is 2. The van der Waals surface area contributed by atoms with Crippen LogP contribution in [0.2, 0.25) is 0 Å². The largest absolute Gasteiger partial charge is 0.312 e. The van der Waals surface area contributed by atoms with E-state index in [0.29, 0.717) is 0 Å². The van der Waals surface area contributed by atoms with Gasteiger partial charge in [-0.25, -0.2) is 4.98 Å². The average molecular weight is 164 g/mol. The summed E-state index contributed by atoms with van der Waals surface area (Å²) in [4.78, 5) is 13.3. The Hall–Kier alpha value is -2.16. The Morgan fingerprint density at radius 2 is 2.50 bits per heavy atom. The molecule has 0 aromatic carbocycles. The monoisotopic (exact) mass is 164 g/mol. The number of nitrogens with zero attached hydrogens (tertiary/aromatic N) is 3. The van der Waals surface area contributed by atoms with E-state index in [1.165, 1.54) is 18.3 Å². The van der Waals surface area contributed by atoms with E-state index in [2.05, 4.69) is 10.3 Å². The Morgan fingerprint density at radius 3 is 3.08 bits per heavy atom. The van der Waals surface area contributed by atoms with Gasteiger partial charge in [0.25, 0.3) is 0 Å². The second-order valence-corrected chi connectivity index (χ2v) is 1.87. The Bertz CT molecular complexity index is 344. The van der Waals surface area contributed by atoms with Gasteiger partial charge in [0.05, 0.1) is 4.92 Å². The molecule has 0 radical (unpaired) electrons. The minimum atomic E-state index is -0.604. The van der Waals surface area contributed by atoms with E-state index in [1.807, 2.05) is 0 Å². The van der Waals surface area contributed by atoms with Gasteiger partial charge in [0.2, 0.25) is 5.82 Å². The SMILES string of the molecule is N#CNc1ncccc1[N+](=O)[O-]. The minimum Gasteiger partial charge on any atom is -0.271 e. The van der Waals surface area contributed by atoms with Gasteiger partial charge in [-0.15, -0.1) is 0 Å². The minimum absolute atomic E-state index is 0.0370. The van der Waals surface area contributed by atoms with Crippen molar-refractivity contribution in [1.82, 2.24) is 4.98 Å². The molecule has 0 fully saturated rings. The molecule has 0 spiro atoms. The summed E-state index contributed by atoms with van der Waals surface area (Å²) in [5.41, 5.74) is -0.209. The standard InChI is InChI=1S/C6H4N4O2/c7-4-9-6-5(10(11)12)2-1-3-8-6/h1-3H,(H,8,9). The van der Waals surface area contributed by atoms with Crippen LogP contribution in [0.5, 0.6) is 0 Å². The van der Waals surface area contributed by atoms with Crippen molar-refractivity contribution in [3.8, 4) is 6.19 Å². The topological polar surface area (TPSA) is 91.8 Å². The third-order valence-electron chi connectivity index (χ3n) is 1.16. The van der Waals surface area contributed by atoms with Crippen molar-refractivity contribution >= 4 is 11.5 Å². The molecule has 60 valence electrons. The van der Waals surface area contributed by atoms with Crippen molar-refractivity contribution < 1.29 is 4.92 Å². The van der Waals surface area contributed by atoms with Gasteiger partial charge in [-0.3, -0.25) is 15.4 Å². The number of nitrogens with one attached hydrogen (secondary N) is 1. The van der Waals surface area contributed by atoms with E-state index in [0.717, 1.165) is 0 Å². The van der Waals surface area contributed by atoms with E-state index in [1.54, 1.807) is 6.19 Å². The van der Waals surface area contributed by atoms with Gasteiger partial charge in [0, 0.05) is 12.3 Å². The summed E-state index contributed by atoms with van der Waals surface area (Å²) in [6, 6.07) is 2.70. The second-order valence-electron chi connectivity index (χ2n) is 1.87. The fraction of sp³-hybridized carbons (Fsp3) is 0. The van der Waals surface area contributed by atoms with Crippen LogP contribution in [0.4, 0.5) is 11.5 Å². The number of hydrogen-bond donors (Lipinski definition) is 1. The molecular weight excluding hydrogens is 160 g/mol. The summed E-state index contributed by atoms with van der Waals surface area (Å²) >= 11 is 0. The van der Waals surface area contributed by atoms with E-state index in [-0.39, 0.29) is 11.5 Å². The molecule has 1 aromatic rings. The maximum Gasteiger partial charge on any atom is 0.312 e. The molecule has 0 aliphatic rings. The van der Waals surface area contributed by atoms with Crippen LogP contribution < -0.4 is 5.32 Å². The highest BCUT2D eigenvalue weighted by Crippen LogP contribution is 2.19. The van der Waals surface area contributed by atoms with Gasteiger partial charge in [-0.1, -0.05) is 0 Å². The Labute approximate surface area is 67.6 Å². The zero-order chi connectivity index (χ0) is 8.97.